The van der Waals surface area contributed by atoms with Crippen molar-refractivity contribution in [2.75, 3.05) is 13.7 Å². The highest BCUT2D eigenvalue weighted by Gasteiger charge is 2.30. The van der Waals surface area contributed by atoms with Gasteiger partial charge in [-0.25, -0.2) is 9.59 Å². The van der Waals surface area contributed by atoms with Gasteiger partial charge in [0.2, 0.25) is 0 Å². The van der Waals surface area contributed by atoms with Crippen LogP contribution in [0.2, 0.25) is 0 Å². The molecular formula is C28H40N2O6. The predicted octanol–water partition coefficient (Wildman–Crippen LogP) is 4.93. The van der Waals surface area contributed by atoms with Crippen molar-refractivity contribution < 1.29 is 28.9 Å². The smallest absolute Gasteiger partial charge is 0.410 e. The largest absolute Gasteiger partial charge is 0.497 e. The van der Waals surface area contributed by atoms with E-state index in [9.17, 15) is 14.7 Å². The molecule has 0 spiro atoms. The number of aliphatic hydroxyl groups is 1. The van der Waals surface area contributed by atoms with Crippen LogP contribution in [-0.2, 0) is 22.4 Å². The predicted molar refractivity (Wildman–Crippen MR) is 139 cm³/mol. The first-order valence-corrected chi connectivity index (χ1v) is 12.1. The number of methoxy groups -OCH3 is 1. The average molecular weight is 501 g/mol. The third-order valence-electron chi connectivity index (χ3n) is 5.03. The maximum Gasteiger partial charge on any atom is 0.410 e. The standard InChI is InChI=1S/C28H40N2O6/c1-27(2,3)35-25(32)29-23(17-20-12-9-8-10-13-20)24(31)19-30(26(33)36-28(4,5)6)18-21-14-11-15-22(16-21)34-7/h8-16,23-24,31H,17-19H2,1-7H3,(H,29,32)/t23-,24+/m0/s1. The number of rotatable bonds is 9. The molecule has 198 valence electrons. The van der Waals surface area contributed by atoms with Gasteiger partial charge in [0.05, 0.1) is 25.8 Å². The van der Waals surface area contributed by atoms with Crippen LogP contribution >= 0.6 is 0 Å². The van der Waals surface area contributed by atoms with Gasteiger partial charge in [0.15, 0.2) is 0 Å². The molecule has 2 N–H and O–H groups in total. The highest BCUT2D eigenvalue weighted by molar-refractivity contribution is 5.69. The zero-order valence-corrected chi connectivity index (χ0v) is 22.4. The maximum absolute atomic E-state index is 13.1. The average Bonchev–Trinajstić information content (AvgIpc) is 2.76. The van der Waals surface area contributed by atoms with Crippen molar-refractivity contribution in [2.45, 2.75) is 77.9 Å². The third kappa shape index (κ3) is 10.6. The molecule has 2 rings (SSSR count). The summed E-state index contributed by atoms with van der Waals surface area (Å²) in [6.45, 7) is 10.8. The van der Waals surface area contributed by atoms with E-state index in [-0.39, 0.29) is 13.1 Å². The lowest BCUT2D eigenvalue weighted by atomic mass is 10.0. The summed E-state index contributed by atoms with van der Waals surface area (Å²) in [5.41, 5.74) is 0.329. The van der Waals surface area contributed by atoms with Gasteiger partial charge in [0.25, 0.3) is 0 Å². The first-order chi connectivity index (χ1) is 16.8. The Hall–Kier alpha value is -3.26. The summed E-state index contributed by atoms with van der Waals surface area (Å²) in [6.07, 6.45) is -1.96. The van der Waals surface area contributed by atoms with Crippen LogP contribution in [0.3, 0.4) is 0 Å². The molecule has 2 atom stereocenters. The number of carbonyl (C=O) groups excluding carboxylic acids is 2. The Morgan fingerprint density at radius 1 is 0.917 bits per heavy atom. The van der Waals surface area contributed by atoms with Gasteiger partial charge in [0, 0.05) is 6.54 Å². The Balaban J connectivity index is 2.28. The second-order valence-corrected chi connectivity index (χ2v) is 10.7. The lowest BCUT2D eigenvalue weighted by molar-refractivity contribution is 0.00644. The summed E-state index contributed by atoms with van der Waals surface area (Å²) in [6, 6.07) is 16.1. The van der Waals surface area contributed by atoms with E-state index < -0.39 is 35.5 Å². The van der Waals surface area contributed by atoms with Crippen LogP contribution in [0.1, 0.15) is 52.7 Å². The second kappa shape index (κ2) is 12.6. The van der Waals surface area contributed by atoms with Gasteiger partial charge in [-0.1, -0.05) is 42.5 Å². The zero-order valence-electron chi connectivity index (χ0n) is 22.4. The van der Waals surface area contributed by atoms with E-state index >= 15 is 0 Å². The molecule has 2 aromatic rings. The molecule has 0 aliphatic heterocycles. The number of nitrogens with zero attached hydrogens (tertiary/aromatic N) is 1. The number of alkyl carbamates (subject to hydrolysis) is 1. The van der Waals surface area contributed by atoms with Gasteiger partial charge < -0.3 is 29.5 Å². The summed E-state index contributed by atoms with van der Waals surface area (Å²) in [7, 11) is 1.57. The quantitative estimate of drug-likeness (QED) is 0.507. The molecule has 2 aromatic carbocycles. The number of amides is 2. The molecule has 0 heterocycles. The van der Waals surface area contributed by atoms with Crippen LogP contribution in [0.4, 0.5) is 9.59 Å². The first-order valence-electron chi connectivity index (χ1n) is 12.1. The van der Waals surface area contributed by atoms with Crippen LogP contribution in [0.15, 0.2) is 54.6 Å². The van der Waals surface area contributed by atoms with Crippen LogP contribution in [0.25, 0.3) is 0 Å². The lowest BCUT2D eigenvalue weighted by Gasteiger charge is -2.32. The van der Waals surface area contributed by atoms with Gasteiger partial charge in [-0.3, -0.25) is 0 Å². The van der Waals surface area contributed by atoms with Crippen LogP contribution in [-0.4, -0.2) is 59.2 Å². The van der Waals surface area contributed by atoms with Crippen molar-refractivity contribution in [1.82, 2.24) is 10.2 Å². The van der Waals surface area contributed by atoms with Crippen LogP contribution in [0, 0.1) is 0 Å². The fourth-order valence-electron chi connectivity index (χ4n) is 3.48. The molecule has 0 saturated heterocycles. The monoisotopic (exact) mass is 500 g/mol. The van der Waals surface area contributed by atoms with E-state index in [1.54, 1.807) is 48.7 Å². The number of carbonyl (C=O) groups is 2. The molecule has 8 nitrogen and oxygen atoms in total. The minimum atomic E-state index is -1.10. The Kier molecular flexibility index (Phi) is 10.2. The van der Waals surface area contributed by atoms with Gasteiger partial charge in [-0.05, 0) is 71.2 Å². The number of aliphatic hydroxyl groups excluding tert-OH is 1. The zero-order chi connectivity index (χ0) is 26.9. The van der Waals surface area contributed by atoms with Gasteiger partial charge in [-0.15, -0.1) is 0 Å². The topological polar surface area (TPSA) is 97.3 Å². The van der Waals surface area contributed by atoms with Crippen molar-refractivity contribution >= 4 is 12.2 Å². The normalized spacial score (nSPS) is 13.3. The van der Waals surface area contributed by atoms with Gasteiger partial charge in [-0.2, -0.15) is 0 Å². The molecule has 0 aliphatic rings. The van der Waals surface area contributed by atoms with E-state index in [1.165, 1.54) is 4.90 Å². The minimum Gasteiger partial charge on any atom is -0.497 e. The van der Waals surface area contributed by atoms with Crippen LogP contribution in [0.5, 0.6) is 5.75 Å². The van der Waals surface area contributed by atoms with Crippen molar-refractivity contribution in [1.29, 1.82) is 0 Å². The molecule has 2 amide bonds. The van der Waals surface area contributed by atoms with E-state index in [0.29, 0.717) is 12.2 Å². The minimum absolute atomic E-state index is 0.0700. The SMILES string of the molecule is COc1cccc(CN(C[C@@H](O)[C@H](Cc2ccccc2)NC(=O)OC(C)(C)C)C(=O)OC(C)(C)C)c1. The molecule has 0 bridgehead atoms. The molecule has 0 aromatic heterocycles. The Morgan fingerprint density at radius 3 is 2.11 bits per heavy atom. The Bertz CT molecular complexity index is 982. The summed E-state index contributed by atoms with van der Waals surface area (Å²) in [5.74, 6) is 0.658. The molecule has 0 radical (unpaired) electrons. The fourth-order valence-corrected chi connectivity index (χ4v) is 3.48. The highest BCUT2D eigenvalue weighted by atomic mass is 16.6. The molecule has 36 heavy (non-hydrogen) atoms. The molecule has 0 saturated carbocycles. The fraction of sp³-hybridized carbons (Fsp3) is 0.500. The van der Waals surface area contributed by atoms with Crippen molar-refractivity contribution in [3.05, 3.63) is 65.7 Å². The summed E-state index contributed by atoms with van der Waals surface area (Å²) in [4.78, 5) is 27.1. The van der Waals surface area contributed by atoms with Crippen LogP contribution < -0.4 is 10.1 Å². The summed E-state index contributed by atoms with van der Waals surface area (Å²) < 4.78 is 16.3. The highest BCUT2D eigenvalue weighted by Crippen LogP contribution is 2.18. The van der Waals surface area contributed by atoms with E-state index in [2.05, 4.69) is 5.32 Å². The molecule has 8 heteroatoms. The van der Waals surface area contributed by atoms with E-state index in [1.807, 2.05) is 54.6 Å². The Morgan fingerprint density at radius 2 is 1.53 bits per heavy atom. The number of nitrogens with one attached hydrogen (secondary N) is 1. The molecule has 0 aliphatic carbocycles. The number of ether oxygens (including phenoxy) is 3. The second-order valence-electron chi connectivity index (χ2n) is 10.7. The van der Waals surface area contributed by atoms with E-state index in [4.69, 9.17) is 14.2 Å². The number of benzene rings is 2. The van der Waals surface area contributed by atoms with Gasteiger partial charge in [0.1, 0.15) is 17.0 Å². The van der Waals surface area contributed by atoms with E-state index in [0.717, 1.165) is 11.1 Å². The maximum atomic E-state index is 13.1. The van der Waals surface area contributed by atoms with Crippen molar-refractivity contribution in [3.63, 3.8) is 0 Å². The summed E-state index contributed by atoms with van der Waals surface area (Å²) >= 11 is 0. The molecule has 0 unspecified atom stereocenters. The Labute approximate surface area is 214 Å². The van der Waals surface area contributed by atoms with Crippen molar-refractivity contribution in [2.24, 2.45) is 0 Å². The van der Waals surface area contributed by atoms with Gasteiger partial charge >= 0.3 is 12.2 Å². The summed E-state index contributed by atoms with van der Waals surface area (Å²) in [5, 5.41) is 14.1. The third-order valence-corrected chi connectivity index (χ3v) is 5.03. The molecular weight excluding hydrogens is 460 g/mol. The lowest BCUT2D eigenvalue weighted by Crippen LogP contribution is -2.51. The number of hydrogen-bond donors (Lipinski definition) is 2. The van der Waals surface area contributed by atoms with Crippen molar-refractivity contribution in [3.8, 4) is 5.75 Å². The first kappa shape index (κ1) is 29.0. The molecule has 0 fully saturated rings. The number of hydrogen-bond acceptors (Lipinski definition) is 6.